The number of benzene rings is 1. The number of ether oxygens (including phenoxy) is 1. The molecule has 0 unspecified atom stereocenters. The smallest absolute Gasteiger partial charge is 0.748 e. The van der Waals surface area contributed by atoms with Gasteiger partial charge in [-0.1, -0.05) is 36.1 Å². The van der Waals surface area contributed by atoms with Crippen LogP contribution in [0.25, 0.3) is 11.0 Å². The van der Waals surface area contributed by atoms with Crippen LogP contribution in [0.1, 0.15) is 6.42 Å². The van der Waals surface area contributed by atoms with E-state index in [-0.39, 0.29) is 191 Å². The molecule has 0 saturated carbocycles. The molecule has 3 heterocycles. The zero-order valence-electron chi connectivity index (χ0n) is 22.6. The number of thiazole rings is 1. The van der Waals surface area contributed by atoms with Gasteiger partial charge in [0.05, 0.1) is 45.4 Å². The molecule has 13 nitrogen and oxygen atoms in total. The zero-order chi connectivity index (χ0) is 28.5. The van der Waals surface area contributed by atoms with E-state index in [0.29, 0.717) is 11.4 Å². The molecule has 0 aliphatic carbocycles. The summed E-state index contributed by atoms with van der Waals surface area (Å²) >= 11 is 6.56. The predicted molar refractivity (Wildman–Crippen MR) is 139 cm³/mol. The summed E-state index contributed by atoms with van der Waals surface area (Å²) in [5.41, 5.74) is -0.160. The van der Waals surface area contributed by atoms with E-state index in [2.05, 4.69) is 0 Å². The van der Waals surface area contributed by atoms with Crippen LogP contribution >= 0.6 is 35.3 Å². The summed E-state index contributed by atoms with van der Waals surface area (Å²) in [5, 5.41) is 22.4. The third-order valence-electron chi connectivity index (χ3n) is 5.32. The molecule has 1 aromatic carbocycles. The first-order chi connectivity index (χ1) is 18.4. The molecular weight excluding hydrogens is 712 g/mol. The van der Waals surface area contributed by atoms with E-state index in [1.165, 1.54) is 12.2 Å². The number of carbonyl (C=O) groups is 3. The molecule has 1 aromatic heterocycles. The molecule has 0 N–H and O–H groups in total. The van der Waals surface area contributed by atoms with Crippen molar-refractivity contribution in [2.75, 3.05) is 23.7 Å². The van der Waals surface area contributed by atoms with Gasteiger partial charge >= 0.3 is 154 Å². The van der Waals surface area contributed by atoms with Crippen LogP contribution < -0.4 is 189 Å². The van der Waals surface area contributed by atoms with E-state index in [1.807, 2.05) is 0 Å². The second-order valence-corrected chi connectivity index (χ2v) is 12.2. The van der Waals surface area contributed by atoms with Gasteiger partial charge in [-0.2, -0.15) is 0 Å². The Kier molecular flexibility index (Phi) is 17.8. The molecule has 1 saturated heterocycles. The monoisotopic (exact) mass is 727 g/mol. The SMILES string of the molecule is O=C([O-])CN1C(=O)/C(=c2/sc(=CC=C3Oc4ccccc4N3CCCS(=O)(=O)[O-])c(=O)n2CC(=O)[O-])SC1=S.[K+].[K+].[K+]. The third-order valence-corrected chi connectivity index (χ3v) is 8.82. The fourth-order valence-corrected chi connectivity index (χ4v) is 6.66. The average Bonchev–Trinajstić information content (AvgIpc) is 3.44. The van der Waals surface area contributed by atoms with Gasteiger partial charge in [-0.05, 0) is 24.6 Å². The van der Waals surface area contributed by atoms with Gasteiger partial charge in [-0.25, -0.2) is 8.42 Å². The Morgan fingerprint density at radius 1 is 1.00 bits per heavy atom. The number of thiocarbonyl (C=S) groups is 1. The van der Waals surface area contributed by atoms with Crippen molar-refractivity contribution in [1.29, 1.82) is 0 Å². The number of hydrogen-bond donors (Lipinski definition) is 0. The van der Waals surface area contributed by atoms with E-state index >= 15 is 0 Å². The molecule has 20 heteroatoms. The maximum Gasteiger partial charge on any atom is 1.00 e. The molecule has 2 aliphatic heterocycles. The molecule has 0 bridgehead atoms. The van der Waals surface area contributed by atoms with E-state index in [1.54, 1.807) is 29.2 Å². The van der Waals surface area contributed by atoms with Gasteiger partial charge in [0, 0.05) is 18.4 Å². The van der Waals surface area contributed by atoms with Crippen LogP contribution in [0, 0.1) is 0 Å². The summed E-state index contributed by atoms with van der Waals surface area (Å²) < 4.78 is 39.6. The number of carboxylic acids is 2. The molecule has 1 amide bonds. The maximum atomic E-state index is 13.1. The Hall–Kier alpha value is 1.40. The van der Waals surface area contributed by atoms with Crippen molar-refractivity contribution >= 4 is 84.3 Å². The molecule has 42 heavy (non-hydrogen) atoms. The zero-order valence-corrected chi connectivity index (χ0v) is 35.2. The van der Waals surface area contributed by atoms with E-state index < -0.39 is 52.4 Å². The Morgan fingerprint density at radius 2 is 1.64 bits per heavy atom. The minimum absolute atomic E-state index is 0. The van der Waals surface area contributed by atoms with Crippen LogP contribution in [0.2, 0.25) is 0 Å². The molecule has 2 aromatic rings. The number of hydrogen-bond acceptors (Lipinski definition) is 14. The fourth-order valence-electron chi connectivity index (χ4n) is 3.72. The number of carboxylic acid groups (broad SMARTS) is 2. The van der Waals surface area contributed by atoms with Gasteiger partial charge in [-0.3, -0.25) is 19.1 Å². The Morgan fingerprint density at radius 3 is 2.26 bits per heavy atom. The number of fused-ring (bicyclic) bond motifs is 1. The van der Waals surface area contributed by atoms with Crippen LogP contribution in [0.5, 0.6) is 5.75 Å². The van der Waals surface area contributed by atoms with E-state index in [9.17, 15) is 42.4 Å². The first-order valence-electron chi connectivity index (χ1n) is 10.9. The number of allylic oxidation sites excluding steroid dienone is 1. The predicted octanol–water partition coefficient (Wildman–Crippen LogP) is -12.2. The topological polar surface area (TPSA) is 192 Å². The number of anilines is 1. The molecule has 0 radical (unpaired) electrons. The van der Waals surface area contributed by atoms with Gasteiger partial charge in [-0.15, -0.1) is 11.3 Å². The fraction of sp³-hybridized carbons (Fsp3) is 0.227. The number of aliphatic carboxylic acids is 2. The molecule has 0 spiro atoms. The molecule has 0 atom stereocenters. The van der Waals surface area contributed by atoms with Crippen molar-refractivity contribution in [2.24, 2.45) is 0 Å². The van der Waals surface area contributed by atoms with Crippen LogP contribution in [0.15, 0.2) is 41.0 Å². The molecule has 4 rings (SSSR count). The van der Waals surface area contributed by atoms with Crippen molar-refractivity contribution in [3.8, 4) is 5.75 Å². The quantitative estimate of drug-likeness (QED) is 0.135. The third kappa shape index (κ3) is 10.5. The summed E-state index contributed by atoms with van der Waals surface area (Å²) in [6.07, 6.45) is 2.75. The summed E-state index contributed by atoms with van der Waals surface area (Å²) in [6.45, 7) is -1.58. The number of para-hydroxylation sites is 2. The Labute approximate surface area is 380 Å². The summed E-state index contributed by atoms with van der Waals surface area (Å²) in [4.78, 5) is 50.5. The van der Waals surface area contributed by atoms with Crippen LogP contribution in [0.4, 0.5) is 5.69 Å². The first-order valence-corrected chi connectivity index (χ1v) is 14.5. The van der Waals surface area contributed by atoms with Gasteiger partial charge < -0.3 is 34.0 Å². The van der Waals surface area contributed by atoms with Crippen molar-refractivity contribution in [1.82, 2.24) is 9.47 Å². The number of amides is 1. The molecule has 206 valence electrons. The van der Waals surface area contributed by atoms with Crippen LogP contribution in [-0.2, 0) is 31.0 Å². The van der Waals surface area contributed by atoms with Crippen molar-refractivity contribution in [3.05, 3.63) is 55.8 Å². The van der Waals surface area contributed by atoms with Crippen molar-refractivity contribution in [3.63, 3.8) is 0 Å². The second-order valence-electron chi connectivity index (χ2n) is 8.00. The number of carbonyl (C=O) groups excluding carboxylic acids is 3. The minimum Gasteiger partial charge on any atom is -0.748 e. The summed E-state index contributed by atoms with van der Waals surface area (Å²) in [6, 6.07) is 6.85. The minimum atomic E-state index is -4.43. The standard InChI is InChI=1S/C22H19N3O10S4.3K/c26-16(27)10-24-19(30)14(37-21(24)18-20(31)25(11-17(28)29)22(36)38-18)6-7-15-23(8-3-9-39(32,33)34)12-4-1-2-5-13(12)35-15;;;/h1-2,4-7H,3,8-11H2,(H,26,27)(H,28,29)(H,32,33,34);;;/q;3*+1/p-3/b14-6?,15-7?,21-18-;;;. The Balaban J connectivity index is 0.00000294. The summed E-state index contributed by atoms with van der Waals surface area (Å²) in [5.74, 6) is -3.90. The molecule has 2 aliphatic rings. The molecular formula is C22H16K3N3O10S4. The van der Waals surface area contributed by atoms with Crippen LogP contribution in [-0.4, -0.2) is 63.4 Å². The summed E-state index contributed by atoms with van der Waals surface area (Å²) in [7, 11) is -4.43. The first kappa shape index (κ1) is 41.4. The number of thioether (sulfide) groups is 1. The number of aromatic nitrogens is 1. The average molecular weight is 728 g/mol. The largest absolute Gasteiger partial charge is 1.00 e. The van der Waals surface area contributed by atoms with Gasteiger partial charge in [0.25, 0.3) is 11.5 Å². The molecule has 1 fully saturated rings. The normalized spacial score (nSPS) is 16.9. The number of rotatable bonds is 9. The van der Waals surface area contributed by atoms with Crippen molar-refractivity contribution in [2.45, 2.75) is 13.0 Å². The van der Waals surface area contributed by atoms with Crippen LogP contribution in [0.3, 0.4) is 0 Å². The van der Waals surface area contributed by atoms with Gasteiger partial charge in [0.15, 0.2) is 5.75 Å². The Bertz CT molecular complexity index is 1720. The van der Waals surface area contributed by atoms with E-state index in [4.69, 9.17) is 17.0 Å². The van der Waals surface area contributed by atoms with Gasteiger partial charge in [0.2, 0.25) is 5.88 Å². The second kappa shape index (κ2) is 18.1. The van der Waals surface area contributed by atoms with E-state index in [0.717, 1.165) is 32.6 Å². The van der Waals surface area contributed by atoms with Gasteiger partial charge in [0.1, 0.15) is 13.9 Å². The van der Waals surface area contributed by atoms with Crippen molar-refractivity contribution < 1.29 is 196 Å². The maximum absolute atomic E-state index is 13.1. The number of nitrogens with zero attached hydrogens (tertiary/aromatic N) is 3.